The summed E-state index contributed by atoms with van der Waals surface area (Å²) in [4.78, 5) is 11.2. The van der Waals surface area contributed by atoms with Crippen LogP contribution in [0, 0.1) is 0 Å². The minimum atomic E-state index is -1.04. The average molecular weight is 237 g/mol. The Hall–Kier alpha value is -1.55. The Bertz CT molecular complexity index is 396. The molecule has 1 aromatic rings. The van der Waals surface area contributed by atoms with E-state index >= 15 is 0 Å². The van der Waals surface area contributed by atoms with Crippen LogP contribution in [0.3, 0.4) is 0 Å². The molecule has 0 saturated carbocycles. The van der Waals surface area contributed by atoms with Crippen LogP contribution in [0.5, 0.6) is 5.75 Å². The van der Waals surface area contributed by atoms with E-state index in [1.807, 2.05) is 18.2 Å². The summed E-state index contributed by atoms with van der Waals surface area (Å²) in [6.45, 7) is 4.75. The summed E-state index contributed by atoms with van der Waals surface area (Å²) in [7, 11) is 1.58. The SMILES string of the molecule is COc1cccc([C@H](NC(C)=O)C(C)(C)O)c1. The lowest BCUT2D eigenvalue weighted by Crippen LogP contribution is -2.41. The van der Waals surface area contributed by atoms with Gasteiger partial charge in [-0.15, -0.1) is 0 Å². The van der Waals surface area contributed by atoms with Crippen molar-refractivity contribution in [2.75, 3.05) is 7.11 Å². The highest BCUT2D eigenvalue weighted by molar-refractivity contribution is 5.73. The van der Waals surface area contributed by atoms with E-state index in [-0.39, 0.29) is 5.91 Å². The summed E-state index contributed by atoms with van der Waals surface area (Å²) < 4.78 is 5.13. The maximum atomic E-state index is 11.2. The molecule has 0 aliphatic heterocycles. The summed E-state index contributed by atoms with van der Waals surface area (Å²) >= 11 is 0. The predicted octanol–water partition coefficient (Wildman–Crippen LogP) is 1.64. The molecule has 0 unspecified atom stereocenters. The highest BCUT2D eigenvalue weighted by Gasteiger charge is 2.29. The van der Waals surface area contributed by atoms with Gasteiger partial charge in [0.25, 0.3) is 0 Å². The van der Waals surface area contributed by atoms with Crippen molar-refractivity contribution in [2.24, 2.45) is 0 Å². The van der Waals surface area contributed by atoms with Crippen LogP contribution in [0.25, 0.3) is 0 Å². The number of carbonyl (C=O) groups is 1. The number of benzene rings is 1. The van der Waals surface area contributed by atoms with Crippen molar-refractivity contribution < 1.29 is 14.6 Å². The first kappa shape index (κ1) is 13.5. The molecule has 17 heavy (non-hydrogen) atoms. The zero-order valence-electron chi connectivity index (χ0n) is 10.7. The maximum absolute atomic E-state index is 11.2. The van der Waals surface area contributed by atoms with Gasteiger partial charge in [-0.2, -0.15) is 0 Å². The van der Waals surface area contributed by atoms with Gasteiger partial charge < -0.3 is 15.2 Å². The van der Waals surface area contributed by atoms with Crippen LogP contribution in [-0.4, -0.2) is 23.7 Å². The zero-order chi connectivity index (χ0) is 13.1. The van der Waals surface area contributed by atoms with Crippen molar-refractivity contribution in [1.29, 1.82) is 0 Å². The molecule has 0 aromatic heterocycles. The number of methoxy groups -OCH3 is 1. The van der Waals surface area contributed by atoms with E-state index in [1.165, 1.54) is 6.92 Å². The molecule has 4 heteroatoms. The molecule has 4 nitrogen and oxygen atoms in total. The molecule has 2 N–H and O–H groups in total. The van der Waals surface area contributed by atoms with E-state index in [4.69, 9.17) is 4.74 Å². The van der Waals surface area contributed by atoms with Crippen molar-refractivity contribution >= 4 is 5.91 Å². The molecule has 0 fully saturated rings. The van der Waals surface area contributed by atoms with Gasteiger partial charge in [0.15, 0.2) is 0 Å². The fourth-order valence-corrected chi connectivity index (χ4v) is 1.69. The van der Waals surface area contributed by atoms with Crippen molar-refractivity contribution in [2.45, 2.75) is 32.4 Å². The Morgan fingerprint density at radius 1 is 1.47 bits per heavy atom. The minimum Gasteiger partial charge on any atom is -0.497 e. The molecular formula is C13H19NO3. The molecule has 0 aliphatic carbocycles. The average Bonchev–Trinajstić information content (AvgIpc) is 2.24. The van der Waals surface area contributed by atoms with Gasteiger partial charge in [0.2, 0.25) is 5.91 Å². The third-order valence-corrected chi connectivity index (χ3v) is 2.48. The van der Waals surface area contributed by atoms with E-state index in [0.717, 1.165) is 5.56 Å². The molecule has 0 saturated heterocycles. The second kappa shape index (κ2) is 5.19. The van der Waals surface area contributed by atoms with Crippen LogP contribution in [0.15, 0.2) is 24.3 Å². The fraction of sp³-hybridized carbons (Fsp3) is 0.462. The lowest BCUT2D eigenvalue weighted by atomic mass is 9.91. The van der Waals surface area contributed by atoms with Crippen LogP contribution in [0.4, 0.5) is 0 Å². The summed E-state index contributed by atoms with van der Waals surface area (Å²) in [6.07, 6.45) is 0. The van der Waals surface area contributed by atoms with E-state index < -0.39 is 11.6 Å². The predicted molar refractivity (Wildman–Crippen MR) is 65.8 cm³/mol. The highest BCUT2D eigenvalue weighted by atomic mass is 16.5. The first-order chi connectivity index (χ1) is 7.84. The summed E-state index contributed by atoms with van der Waals surface area (Å²) in [6, 6.07) is 6.84. The van der Waals surface area contributed by atoms with Crippen molar-refractivity contribution in [3.8, 4) is 5.75 Å². The molecule has 0 radical (unpaired) electrons. The Morgan fingerprint density at radius 3 is 2.59 bits per heavy atom. The standard InChI is InChI=1S/C13H19NO3/c1-9(15)14-12(13(2,3)16)10-6-5-7-11(8-10)17-4/h5-8,12,16H,1-4H3,(H,14,15)/t12-/m0/s1. The number of rotatable bonds is 4. The normalized spacial score (nSPS) is 13.0. The number of amides is 1. The van der Waals surface area contributed by atoms with Crippen LogP contribution in [-0.2, 0) is 4.79 Å². The summed E-state index contributed by atoms with van der Waals surface area (Å²) in [5.74, 6) is 0.516. The van der Waals surface area contributed by atoms with Gasteiger partial charge in [0.1, 0.15) is 5.75 Å². The molecule has 1 amide bonds. The quantitative estimate of drug-likeness (QED) is 0.837. The highest BCUT2D eigenvalue weighted by Crippen LogP contribution is 2.27. The second-order valence-electron chi connectivity index (χ2n) is 4.56. The first-order valence-electron chi connectivity index (χ1n) is 5.48. The van der Waals surface area contributed by atoms with E-state index in [9.17, 15) is 9.90 Å². The van der Waals surface area contributed by atoms with Crippen LogP contribution in [0.2, 0.25) is 0 Å². The molecule has 0 spiro atoms. The van der Waals surface area contributed by atoms with Gasteiger partial charge in [-0.3, -0.25) is 4.79 Å². The van der Waals surface area contributed by atoms with Gasteiger partial charge in [-0.05, 0) is 31.5 Å². The van der Waals surface area contributed by atoms with Crippen molar-refractivity contribution in [3.05, 3.63) is 29.8 Å². The van der Waals surface area contributed by atoms with Crippen LogP contribution < -0.4 is 10.1 Å². The topological polar surface area (TPSA) is 58.6 Å². The van der Waals surface area contributed by atoms with E-state index in [2.05, 4.69) is 5.32 Å². The van der Waals surface area contributed by atoms with Gasteiger partial charge in [0.05, 0.1) is 18.8 Å². The molecule has 1 aromatic carbocycles. The van der Waals surface area contributed by atoms with E-state index in [1.54, 1.807) is 27.0 Å². The molecule has 0 bridgehead atoms. The number of aliphatic hydroxyl groups is 1. The third-order valence-electron chi connectivity index (χ3n) is 2.48. The molecule has 94 valence electrons. The first-order valence-corrected chi connectivity index (χ1v) is 5.48. The van der Waals surface area contributed by atoms with Crippen molar-refractivity contribution in [3.63, 3.8) is 0 Å². The maximum Gasteiger partial charge on any atom is 0.217 e. The zero-order valence-corrected chi connectivity index (χ0v) is 10.7. The van der Waals surface area contributed by atoms with Crippen molar-refractivity contribution in [1.82, 2.24) is 5.32 Å². The van der Waals surface area contributed by atoms with Gasteiger partial charge >= 0.3 is 0 Å². The summed E-state index contributed by atoms with van der Waals surface area (Å²) in [5, 5.41) is 12.8. The Morgan fingerprint density at radius 2 is 2.12 bits per heavy atom. The van der Waals surface area contributed by atoms with Crippen LogP contribution >= 0.6 is 0 Å². The largest absolute Gasteiger partial charge is 0.497 e. The number of carbonyl (C=O) groups excluding carboxylic acids is 1. The number of nitrogens with one attached hydrogen (secondary N) is 1. The third kappa shape index (κ3) is 3.75. The lowest BCUT2D eigenvalue weighted by Gasteiger charge is -2.30. The van der Waals surface area contributed by atoms with E-state index in [0.29, 0.717) is 5.75 Å². The molecule has 0 aliphatic rings. The number of ether oxygens (including phenoxy) is 1. The lowest BCUT2D eigenvalue weighted by molar-refractivity contribution is -0.121. The molecule has 1 rings (SSSR count). The minimum absolute atomic E-state index is 0.181. The fourth-order valence-electron chi connectivity index (χ4n) is 1.69. The molecule has 0 heterocycles. The van der Waals surface area contributed by atoms with Crippen LogP contribution in [0.1, 0.15) is 32.4 Å². The van der Waals surface area contributed by atoms with Gasteiger partial charge in [0, 0.05) is 6.92 Å². The Balaban J connectivity index is 3.08. The molecule has 1 atom stereocenters. The Labute approximate surface area is 102 Å². The summed E-state index contributed by atoms with van der Waals surface area (Å²) in [5.41, 5.74) is -0.232. The smallest absolute Gasteiger partial charge is 0.217 e. The number of hydrogen-bond donors (Lipinski definition) is 2. The van der Waals surface area contributed by atoms with Gasteiger partial charge in [-0.1, -0.05) is 12.1 Å². The monoisotopic (exact) mass is 237 g/mol. The second-order valence-corrected chi connectivity index (χ2v) is 4.56. The molecular weight excluding hydrogens is 218 g/mol. The number of hydrogen-bond acceptors (Lipinski definition) is 3. The van der Waals surface area contributed by atoms with Gasteiger partial charge in [-0.25, -0.2) is 0 Å². The Kier molecular flexibility index (Phi) is 4.12.